The van der Waals surface area contributed by atoms with Crippen LogP contribution in [0.1, 0.15) is 38.3 Å². The third kappa shape index (κ3) is 7.61. The van der Waals surface area contributed by atoms with Crippen LogP contribution in [0.2, 0.25) is 0 Å². The van der Waals surface area contributed by atoms with Crippen LogP contribution in [0, 0.1) is 0 Å². The summed E-state index contributed by atoms with van der Waals surface area (Å²) in [6.07, 6.45) is 1.16. The molecule has 0 aromatic heterocycles. The first-order valence-corrected chi connectivity index (χ1v) is 10.1. The minimum Gasteiger partial charge on any atom is -0.490 e. The van der Waals surface area contributed by atoms with Crippen molar-refractivity contribution in [1.82, 2.24) is 10.2 Å². The van der Waals surface area contributed by atoms with Crippen LogP contribution in [0.25, 0.3) is 0 Å². The van der Waals surface area contributed by atoms with E-state index in [-0.39, 0.29) is 0 Å². The number of ether oxygens (including phenoxy) is 2. The summed E-state index contributed by atoms with van der Waals surface area (Å²) >= 11 is 0. The molecule has 0 saturated carbocycles. The number of hydrogen-bond donors (Lipinski definition) is 1. The highest BCUT2D eigenvalue weighted by Gasteiger charge is 2.07. The molecule has 2 rings (SSSR count). The number of nitrogens with one attached hydrogen (secondary N) is 1. The van der Waals surface area contributed by atoms with E-state index in [0.717, 1.165) is 56.2 Å². The fraction of sp³-hybridized carbons (Fsp3) is 0.478. The molecular formula is C23H34N2O2. The van der Waals surface area contributed by atoms with E-state index in [0.29, 0.717) is 13.2 Å². The second-order valence-electron chi connectivity index (χ2n) is 6.55. The summed E-state index contributed by atoms with van der Waals surface area (Å²) in [5.74, 6) is 1.61. The Hall–Kier alpha value is -2.04. The zero-order valence-electron chi connectivity index (χ0n) is 17.0. The van der Waals surface area contributed by atoms with Gasteiger partial charge in [-0.2, -0.15) is 0 Å². The molecule has 0 atom stereocenters. The average Bonchev–Trinajstić information content (AvgIpc) is 2.71. The normalized spacial score (nSPS) is 11.0. The van der Waals surface area contributed by atoms with Crippen molar-refractivity contribution >= 4 is 0 Å². The molecule has 148 valence electrons. The molecule has 2 aromatic rings. The first kappa shape index (κ1) is 21.3. The van der Waals surface area contributed by atoms with Crippen molar-refractivity contribution in [2.75, 3.05) is 32.8 Å². The van der Waals surface area contributed by atoms with E-state index in [4.69, 9.17) is 9.47 Å². The van der Waals surface area contributed by atoms with Gasteiger partial charge in [0.05, 0.1) is 6.61 Å². The lowest BCUT2D eigenvalue weighted by molar-refractivity contribution is 0.269. The zero-order chi connectivity index (χ0) is 19.3. The predicted octanol–water partition coefficient (Wildman–Crippen LogP) is 4.49. The van der Waals surface area contributed by atoms with Crippen molar-refractivity contribution < 1.29 is 9.47 Å². The Bertz CT molecular complexity index is 642. The van der Waals surface area contributed by atoms with Crippen LogP contribution in [0.4, 0.5) is 0 Å². The number of nitrogens with zero attached hydrogens (tertiary/aromatic N) is 1. The number of rotatable bonds is 13. The Morgan fingerprint density at radius 1 is 0.852 bits per heavy atom. The zero-order valence-corrected chi connectivity index (χ0v) is 17.0. The Morgan fingerprint density at radius 2 is 1.63 bits per heavy atom. The summed E-state index contributed by atoms with van der Waals surface area (Å²) in [5.41, 5.74) is 2.37. The van der Waals surface area contributed by atoms with Gasteiger partial charge in [0.2, 0.25) is 0 Å². The van der Waals surface area contributed by atoms with E-state index in [1.165, 1.54) is 5.56 Å². The first-order valence-electron chi connectivity index (χ1n) is 10.1. The minimum atomic E-state index is 0.546. The summed E-state index contributed by atoms with van der Waals surface area (Å²) in [4.78, 5) is 2.45. The third-order valence-electron chi connectivity index (χ3n) is 4.60. The number of hydrogen-bond acceptors (Lipinski definition) is 4. The van der Waals surface area contributed by atoms with Gasteiger partial charge in [0.15, 0.2) is 11.5 Å². The molecular weight excluding hydrogens is 336 g/mol. The molecule has 2 aromatic carbocycles. The summed E-state index contributed by atoms with van der Waals surface area (Å²) in [6, 6.07) is 16.4. The van der Waals surface area contributed by atoms with Crippen molar-refractivity contribution in [1.29, 1.82) is 0 Å². The second kappa shape index (κ2) is 12.4. The molecule has 0 amide bonds. The maximum atomic E-state index is 5.97. The van der Waals surface area contributed by atoms with Gasteiger partial charge in [0.1, 0.15) is 6.61 Å². The lowest BCUT2D eigenvalue weighted by Gasteiger charge is -2.18. The monoisotopic (exact) mass is 370 g/mol. The molecule has 4 nitrogen and oxygen atoms in total. The topological polar surface area (TPSA) is 33.7 Å². The Balaban J connectivity index is 1.84. The Labute approximate surface area is 164 Å². The SMILES string of the molecule is CCOc1cc(CNCCCN(CC)CC)ccc1OCc1ccccc1. The molecule has 0 spiro atoms. The van der Waals surface area contributed by atoms with Crippen molar-refractivity contribution in [3.8, 4) is 11.5 Å². The molecule has 0 radical (unpaired) electrons. The van der Waals surface area contributed by atoms with Gasteiger partial charge in [-0.15, -0.1) is 0 Å². The van der Waals surface area contributed by atoms with E-state index < -0.39 is 0 Å². The second-order valence-corrected chi connectivity index (χ2v) is 6.55. The Kier molecular flexibility index (Phi) is 9.74. The van der Waals surface area contributed by atoms with Crippen molar-refractivity contribution in [3.63, 3.8) is 0 Å². The van der Waals surface area contributed by atoms with Gasteiger partial charge in [-0.1, -0.05) is 50.2 Å². The highest BCUT2D eigenvalue weighted by atomic mass is 16.5. The standard InChI is InChI=1S/C23H34N2O2/c1-4-25(5-2)16-10-15-24-18-21-13-14-22(23(17-21)26-6-3)27-19-20-11-8-7-9-12-20/h7-9,11-14,17,24H,4-6,10,15-16,18-19H2,1-3H3. The van der Waals surface area contributed by atoms with E-state index in [9.17, 15) is 0 Å². The third-order valence-corrected chi connectivity index (χ3v) is 4.60. The van der Waals surface area contributed by atoms with Crippen LogP contribution in [0.5, 0.6) is 11.5 Å². The summed E-state index contributed by atoms with van der Waals surface area (Å²) in [5, 5.41) is 3.53. The van der Waals surface area contributed by atoms with E-state index >= 15 is 0 Å². The molecule has 0 aliphatic heterocycles. The van der Waals surface area contributed by atoms with Crippen molar-refractivity contribution in [3.05, 3.63) is 59.7 Å². The van der Waals surface area contributed by atoms with Gasteiger partial charge in [-0.25, -0.2) is 0 Å². The summed E-state index contributed by atoms with van der Waals surface area (Å²) in [7, 11) is 0. The van der Waals surface area contributed by atoms with Gasteiger partial charge < -0.3 is 19.7 Å². The molecule has 4 heteroatoms. The van der Waals surface area contributed by atoms with Crippen LogP contribution >= 0.6 is 0 Å². The average molecular weight is 371 g/mol. The van der Waals surface area contributed by atoms with Gasteiger partial charge in [0.25, 0.3) is 0 Å². The van der Waals surface area contributed by atoms with Crippen LogP contribution in [0.3, 0.4) is 0 Å². The maximum Gasteiger partial charge on any atom is 0.161 e. The highest BCUT2D eigenvalue weighted by Crippen LogP contribution is 2.29. The highest BCUT2D eigenvalue weighted by molar-refractivity contribution is 5.43. The van der Waals surface area contributed by atoms with Gasteiger partial charge >= 0.3 is 0 Å². The fourth-order valence-corrected chi connectivity index (χ4v) is 2.99. The Morgan fingerprint density at radius 3 is 2.33 bits per heavy atom. The minimum absolute atomic E-state index is 0.546. The molecule has 1 N–H and O–H groups in total. The summed E-state index contributed by atoms with van der Waals surface area (Å²) < 4.78 is 11.8. The molecule has 0 aliphatic carbocycles. The lowest BCUT2D eigenvalue weighted by atomic mass is 10.2. The molecule has 0 bridgehead atoms. The van der Waals surface area contributed by atoms with Crippen molar-refractivity contribution in [2.24, 2.45) is 0 Å². The largest absolute Gasteiger partial charge is 0.490 e. The van der Waals surface area contributed by atoms with E-state index in [2.05, 4.69) is 48.3 Å². The lowest BCUT2D eigenvalue weighted by Crippen LogP contribution is -2.27. The first-order chi connectivity index (χ1) is 13.3. The molecule has 0 heterocycles. The smallest absolute Gasteiger partial charge is 0.161 e. The van der Waals surface area contributed by atoms with Gasteiger partial charge in [-0.05, 0) is 62.8 Å². The van der Waals surface area contributed by atoms with Gasteiger partial charge in [-0.3, -0.25) is 0 Å². The van der Waals surface area contributed by atoms with Crippen LogP contribution < -0.4 is 14.8 Å². The molecule has 0 unspecified atom stereocenters. The van der Waals surface area contributed by atoms with Crippen molar-refractivity contribution in [2.45, 2.75) is 40.3 Å². The predicted molar refractivity (Wildman–Crippen MR) is 112 cm³/mol. The molecule has 0 fully saturated rings. The fourth-order valence-electron chi connectivity index (χ4n) is 2.99. The van der Waals surface area contributed by atoms with E-state index in [1.807, 2.05) is 31.2 Å². The number of benzene rings is 2. The van der Waals surface area contributed by atoms with Gasteiger partial charge in [0, 0.05) is 6.54 Å². The molecule has 0 aliphatic rings. The van der Waals surface area contributed by atoms with Crippen LogP contribution in [0.15, 0.2) is 48.5 Å². The maximum absolute atomic E-state index is 5.97. The summed E-state index contributed by atoms with van der Waals surface area (Å²) in [6.45, 7) is 12.9. The van der Waals surface area contributed by atoms with Crippen LogP contribution in [-0.4, -0.2) is 37.7 Å². The molecule has 0 saturated heterocycles. The van der Waals surface area contributed by atoms with E-state index in [1.54, 1.807) is 0 Å². The van der Waals surface area contributed by atoms with Crippen LogP contribution in [-0.2, 0) is 13.2 Å². The molecule has 27 heavy (non-hydrogen) atoms. The quantitative estimate of drug-likeness (QED) is 0.527.